The lowest BCUT2D eigenvalue weighted by Gasteiger charge is -2.38. The van der Waals surface area contributed by atoms with Crippen LogP contribution in [0.1, 0.15) is 30.4 Å². The van der Waals surface area contributed by atoms with Gasteiger partial charge in [-0.2, -0.15) is 0 Å². The van der Waals surface area contributed by atoms with E-state index in [0.717, 1.165) is 24.0 Å². The highest BCUT2D eigenvalue weighted by atomic mass is 19.1. The molecule has 1 atom stereocenters. The molecule has 2 heterocycles. The molecule has 188 valence electrons. The van der Waals surface area contributed by atoms with Crippen LogP contribution < -0.4 is 14.8 Å². The zero-order valence-corrected chi connectivity index (χ0v) is 20.3. The molecule has 2 aromatic carbocycles. The summed E-state index contributed by atoms with van der Waals surface area (Å²) < 4.78 is 29.6. The molecule has 2 aromatic rings. The fourth-order valence-electron chi connectivity index (χ4n) is 5.00. The first-order valence-electron chi connectivity index (χ1n) is 12.0. The molecule has 2 saturated heterocycles. The predicted molar refractivity (Wildman–Crippen MR) is 129 cm³/mol. The maximum Gasteiger partial charge on any atom is 0.225 e. The number of likely N-dealkylation sites (tertiary alicyclic amines) is 1. The van der Waals surface area contributed by atoms with Crippen LogP contribution in [0.25, 0.3) is 0 Å². The number of carbonyl (C=O) groups excluding carboxylic acids is 2. The van der Waals surface area contributed by atoms with Crippen LogP contribution in [0.2, 0.25) is 0 Å². The fourth-order valence-corrected chi connectivity index (χ4v) is 5.00. The van der Waals surface area contributed by atoms with Crippen molar-refractivity contribution < 1.29 is 28.2 Å². The molecule has 2 aliphatic heterocycles. The number of carbonyl (C=O) groups is 2. The first-order valence-corrected chi connectivity index (χ1v) is 12.0. The fraction of sp³-hybridized carbons (Fsp3) is 0.481. The SMILES string of the molecule is COc1ccc(CCN2CC(C(=O)NCC3(c4ccc(F)cc4)CCOCC3)CC2=O)cc1OC. The van der Waals surface area contributed by atoms with E-state index in [1.165, 1.54) is 12.1 Å². The molecule has 0 aromatic heterocycles. The summed E-state index contributed by atoms with van der Waals surface area (Å²) in [6.07, 6.45) is 2.37. The Balaban J connectivity index is 1.34. The van der Waals surface area contributed by atoms with Gasteiger partial charge in [0.1, 0.15) is 5.82 Å². The Bertz CT molecular complexity index is 1040. The molecule has 8 heteroatoms. The van der Waals surface area contributed by atoms with Gasteiger partial charge in [0.2, 0.25) is 11.8 Å². The Labute approximate surface area is 205 Å². The molecule has 0 radical (unpaired) electrons. The van der Waals surface area contributed by atoms with E-state index in [9.17, 15) is 14.0 Å². The second kappa shape index (κ2) is 11.1. The van der Waals surface area contributed by atoms with Crippen LogP contribution in [-0.4, -0.2) is 63.8 Å². The van der Waals surface area contributed by atoms with E-state index in [2.05, 4.69) is 5.32 Å². The second-order valence-corrected chi connectivity index (χ2v) is 9.30. The number of halogens is 1. The summed E-state index contributed by atoms with van der Waals surface area (Å²) in [5, 5.41) is 3.09. The van der Waals surface area contributed by atoms with Gasteiger partial charge in [0, 0.05) is 44.7 Å². The third-order valence-corrected chi connectivity index (χ3v) is 7.21. The summed E-state index contributed by atoms with van der Waals surface area (Å²) in [7, 11) is 3.19. The van der Waals surface area contributed by atoms with Gasteiger partial charge in [-0.05, 0) is 54.7 Å². The van der Waals surface area contributed by atoms with E-state index in [0.29, 0.717) is 50.8 Å². The molecule has 2 amide bonds. The number of nitrogens with zero attached hydrogens (tertiary/aromatic N) is 1. The molecule has 2 fully saturated rings. The van der Waals surface area contributed by atoms with Crippen LogP contribution in [0, 0.1) is 11.7 Å². The van der Waals surface area contributed by atoms with Gasteiger partial charge < -0.3 is 24.4 Å². The monoisotopic (exact) mass is 484 g/mol. The highest BCUT2D eigenvalue weighted by Gasteiger charge is 2.38. The van der Waals surface area contributed by atoms with E-state index in [1.54, 1.807) is 31.3 Å². The lowest BCUT2D eigenvalue weighted by molar-refractivity contribution is -0.129. The standard InChI is InChI=1S/C27H33FN2O5/c1-33-23-8-3-19(15-24(23)34-2)9-12-30-17-20(16-25(30)31)26(32)29-18-27(10-13-35-14-11-27)21-4-6-22(28)7-5-21/h3-8,15,20H,9-14,16-18H2,1-2H3,(H,29,32). The van der Waals surface area contributed by atoms with Gasteiger partial charge in [-0.1, -0.05) is 18.2 Å². The molecule has 1 unspecified atom stereocenters. The van der Waals surface area contributed by atoms with Crippen molar-refractivity contribution in [3.63, 3.8) is 0 Å². The van der Waals surface area contributed by atoms with Gasteiger partial charge >= 0.3 is 0 Å². The summed E-state index contributed by atoms with van der Waals surface area (Å²) in [5.74, 6) is 0.534. The van der Waals surface area contributed by atoms with E-state index < -0.39 is 0 Å². The van der Waals surface area contributed by atoms with E-state index in [4.69, 9.17) is 14.2 Å². The number of benzene rings is 2. The van der Waals surface area contributed by atoms with Crippen LogP contribution in [0.4, 0.5) is 4.39 Å². The minimum absolute atomic E-state index is 0.00931. The summed E-state index contributed by atoms with van der Waals surface area (Å²) in [5.41, 5.74) is 1.74. The molecule has 1 N–H and O–H groups in total. The predicted octanol–water partition coefficient (Wildman–Crippen LogP) is 3.10. The van der Waals surface area contributed by atoms with Gasteiger partial charge in [0.15, 0.2) is 11.5 Å². The molecule has 0 spiro atoms. The van der Waals surface area contributed by atoms with Crippen molar-refractivity contribution in [2.24, 2.45) is 5.92 Å². The van der Waals surface area contributed by atoms with Crippen molar-refractivity contribution in [2.75, 3.05) is 47.1 Å². The number of methoxy groups -OCH3 is 2. The highest BCUT2D eigenvalue weighted by Crippen LogP contribution is 2.35. The van der Waals surface area contributed by atoms with Gasteiger partial charge in [-0.15, -0.1) is 0 Å². The minimum Gasteiger partial charge on any atom is -0.493 e. The van der Waals surface area contributed by atoms with E-state index >= 15 is 0 Å². The Kier molecular flexibility index (Phi) is 7.90. The number of rotatable bonds is 9. The summed E-state index contributed by atoms with van der Waals surface area (Å²) in [6, 6.07) is 12.2. The maximum atomic E-state index is 13.5. The molecule has 0 bridgehead atoms. The first-order chi connectivity index (χ1) is 16.9. The molecular formula is C27H33FN2O5. The van der Waals surface area contributed by atoms with Gasteiger partial charge in [-0.25, -0.2) is 4.39 Å². The van der Waals surface area contributed by atoms with Crippen LogP contribution in [0.5, 0.6) is 11.5 Å². The largest absolute Gasteiger partial charge is 0.493 e. The lowest BCUT2D eigenvalue weighted by Crippen LogP contribution is -2.46. The Hall–Kier alpha value is -3.13. The number of ether oxygens (including phenoxy) is 3. The van der Waals surface area contributed by atoms with Crippen molar-refractivity contribution in [3.05, 3.63) is 59.4 Å². The van der Waals surface area contributed by atoms with Crippen LogP contribution in [0.3, 0.4) is 0 Å². The number of nitrogens with one attached hydrogen (secondary N) is 1. The third kappa shape index (κ3) is 5.75. The highest BCUT2D eigenvalue weighted by molar-refractivity contribution is 5.89. The topological polar surface area (TPSA) is 77.1 Å². The molecular weight excluding hydrogens is 451 g/mol. The summed E-state index contributed by atoms with van der Waals surface area (Å²) in [6.45, 7) is 2.58. The zero-order valence-electron chi connectivity index (χ0n) is 20.3. The quantitative estimate of drug-likeness (QED) is 0.592. The zero-order chi connectivity index (χ0) is 24.8. The first kappa shape index (κ1) is 25.0. The number of hydrogen-bond donors (Lipinski definition) is 1. The summed E-state index contributed by atoms with van der Waals surface area (Å²) >= 11 is 0. The van der Waals surface area contributed by atoms with Crippen LogP contribution in [-0.2, 0) is 26.2 Å². The molecule has 0 aliphatic carbocycles. The average molecular weight is 485 g/mol. The van der Waals surface area contributed by atoms with Crippen molar-refractivity contribution in [1.82, 2.24) is 10.2 Å². The lowest BCUT2D eigenvalue weighted by atomic mass is 9.74. The molecule has 35 heavy (non-hydrogen) atoms. The second-order valence-electron chi connectivity index (χ2n) is 9.30. The van der Waals surface area contributed by atoms with Crippen LogP contribution >= 0.6 is 0 Å². The molecule has 2 aliphatic rings. The van der Waals surface area contributed by atoms with Gasteiger partial charge in [0.05, 0.1) is 20.1 Å². The Morgan fingerprint density at radius 1 is 1.11 bits per heavy atom. The Morgan fingerprint density at radius 2 is 1.83 bits per heavy atom. The van der Waals surface area contributed by atoms with Crippen molar-refractivity contribution in [1.29, 1.82) is 0 Å². The van der Waals surface area contributed by atoms with Gasteiger partial charge in [-0.3, -0.25) is 9.59 Å². The number of amides is 2. The van der Waals surface area contributed by atoms with Crippen molar-refractivity contribution >= 4 is 11.8 Å². The van der Waals surface area contributed by atoms with Crippen LogP contribution in [0.15, 0.2) is 42.5 Å². The normalized spacial score (nSPS) is 19.5. The third-order valence-electron chi connectivity index (χ3n) is 7.21. The number of hydrogen-bond acceptors (Lipinski definition) is 5. The summed E-state index contributed by atoms with van der Waals surface area (Å²) in [4.78, 5) is 27.4. The van der Waals surface area contributed by atoms with Crippen molar-refractivity contribution in [3.8, 4) is 11.5 Å². The maximum absolute atomic E-state index is 13.5. The van der Waals surface area contributed by atoms with Crippen molar-refractivity contribution in [2.45, 2.75) is 31.1 Å². The molecule has 4 rings (SSSR count). The van der Waals surface area contributed by atoms with E-state index in [1.807, 2.05) is 18.2 Å². The molecule has 7 nitrogen and oxygen atoms in total. The smallest absolute Gasteiger partial charge is 0.225 e. The minimum atomic E-state index is -0.377. The van der Waals surface area contributed by atoms with E-state index in [-0.39, 0.29) is 35.4 Å². The molecule has 0 saturated carbocycles. The van der Waals surface area contributed by atoms with Gasteiger partial charge in [0.25, 0.3) is 0 Å². The average Bonchev–Trinajstić information content (AvgIpc) is 3.27. The Morgan fingerprint density at radius 3 is 2.51 bits per heavy atom.